The fourth-order valence-electron chi connectivity index (χ4n) is 2.28. The van der Waals surface area contributed by atoms with Gasteiger partial charge in [-0.05, 0) is 43.0 Å². The Morgan fingerprint density at radius 3 is 2.70 bits per heavy atom. The second-order valence-corrected chi connectivity index (χ2v) is 7.19. The van der Waals surface area contributed by atoms with Crippen LogP contribution in [-0.2, 0) is 16.6 Å². The SMILES string of the molecule is CCNCc1cccc(S(=O)(=O)NCCC2CC2)c1C. The highest BCUT2D eigenvalue weighted by Gasteiger charge is 2.23. The molecule has 1 aromatic carbocycles. The molecule has 2 rings (SSSR count). The molecule has 0 aromatic heterocycles. The van der Waals surface area contributed by atoms with E-state index in [1.807, 2.05) is 26.0 Å². The van der Waals surface area contributed by atoms with E-state index < -0.39 is 10.0 Å². The highest BCUT2D eigenvalue weighted by atomic mass is 32.2. The van der Waals surface area contributed by atoms with Crippen LogP contribution in [0, 0.1) is 12.8 Å². The Hall–Kier alpha value is -0.910. The number of sulfonamides is 1. The lowest BCUT2D eigenvalue weighted by atomic mass is 10.1. The van der Waals surface area contributed by atoms with Crippen LogP contribution >= 0.6 is 0 Å². The van der Waals surface area contributed by atoms with Gasteiger partial charge in [-0.1, -0.05) is 31.9 Å². The quantitative estimate of drug-likeness (QED) is 0.773. The minimum atomic E-state index is -3.38. The maximum Gasteiger partial charge on any atom is 0.240 e. The molecule has 0 bridgehead atoms. The van der Waals surface area contributed by atoms with Gasteiger partial charge in [0.25, 0.3) is 0 Å². The molecule has 0 radical (unpaired) electrons. The first-order valence-corrected chi connectivity index (χ1v) is 8.81. The van der Waals surface area contributed by atoms with E-state index in [9.17, 15) is 8.42 Å². The van der Waals surface area contributed by atoms with E-state index in [1.165, 1.54) is 12.8 Å². The summed E-state index contributed by atoms with van der Waals surface area (Å²) in [5, 5.41) is 3.24. The van der Waals surface area contributed by atoms with Crippen molar-refractivity contribution in [2.45, 2.75) is 44.6 Å². The number of hydrogen-bond donors (Lipinski definition) is 2. The Balaban J connectivity index is 2.08. The Kier molecular flexibility index (Phi) is 5.18. The molecule has 1 saturated carbocycles. The highest BCUT2D eigenvalue weighted by Crippen LogP contribution is 2.31. The fourth-order valence-corrected chi connectivity index (χ4v) is 3.62. The van der Waals surface area contributed by atoms with Gasteiger partial charge >= 0.3 is 0 Å². The molecule has 4 nitrogen and oxygen atoms in total. The van der Waals surface area contributed by atoms with Gasteiger partial charge in [0.1, 0.15) is 0 Å². The molecule has 2 N–H and O–H groups in total. The summed E-state index contributed by atoms with van der Waals surface area (Å²) in [6, 6.07) is 5.47. The predicted octanol–water partition coefficient (Wildman–Crippen LogP) is 2.18. The topological polar surface area (TPSA) is 58.2 Å². The van der Waals surface area contributed by atoms with Gasteiger partial charge in [0, 0.05) is 13.1 Å². The van der Waals surface area contributed by atoms with E-state index >= 15 is 0 Å². The third kappa shape index (κ3) is 4.04. The molecule has 1 fully saturated rings. The number of nitrogens with one attached hydrogen (secondary N) is 2. The van der Waals surface area contributed by atoms with Crippen LogP contribution in [0.25, 0.3) is 0 Å². The molecule has 0 saturated heterocycles. The van der Waals surface area contributed by atoms with Gasteiger partial charge in [-0.25, -0.2) is 13.1 Å². The van der Waals surface area contributed by atoms with Crippen LogP contribution in [0.1, 0.15) is 37.3 Å². The van der Waals surface area contributed by atoms with Crippen LogP contribution in [0.15, 0.2) is 23.1 Å². The van der Waals surface area contributed by atoms with E-state index in [-0.39, 0.29) is 0 Å². The molecule has 5 heteroatoms. The molecule has 0 heterocycles. The Bertz CT molecular complexity index is 551. The maximum absolute atomic E-state index is 12.3. The van der Waals surface area contributed by atoms with Crippen molar-refractivity contribution in [2.24, 2.45) is 5.92 Å². The average molecular weight is 296 g/mol. The molecule has 0 unspecified atom stereocenters. The summed E-state index contributed by atoms with van der Waals surface area (Å²) in [6.07, 6.45) is 3.45. The van der Waals surface area contributed by atoms with Gasteiger partial charge in [-0.15, -0.1) is 0 Å². The maximum atomic E-state index is 12.3. The standard InChI is InChI=1S/C15H24N2O2S/c1-3-16-11-14-5-4-6-15(12(14)2)20(18,19)17-10-9-13-7-8-13/h4-6,13,16-17H,3,7-11H2,1-2H3. The molecule has 0 amide bonds. The van der Waals surface area contributed by atoms with E-state index in [0.717, 1.165) is 30.0 Å². The van der Waals surface area contributed by atoms with Gasteiger partial charge in [0.15, 0.2) is 0 Å². The normalized spacial score (nSPS) is 15.5. The van der Waals surface area contributed by atoms with Crippen molar-refractivity contribution in [3.05, 3.63) is 29.3 Å². The van der Waals surface area contributed by atoms with Crippen LogP contribution in [-0.4, -0.2) is 21.5 Å². The molecule has 0 aliphatic heterocycles. The lowest BCUT2D eigenvalue weighted by Crippen LogP contribution is -2.26. The first-order chi connectivity index (χ1) is 9.54. The van der Waals surface area contributed by atoms with Gasteiger partial charge in [0.2, 0.25) is 10.0 Å². The van der Waals surface area contributed by atoms with Gasteiger partial charge in [-0.3, -0.25) is 0 Å². The van der Waals surface area contributed by atoms with Crippen molar-refractivity contribution in [2.75, 3.05) is 13.1 Å². The van der Waals surface area contributed by atoms with Crippen molar-refractivity contribution in [3.63, 3.8) is 0 Å². The van der Waals surface area contributed by atoms with E-state index in [0.29, 0.717) is 18.0 Å². The number of rotatable bonds is 8. The summed E-state index contributed by atoms with van der Waals surface area (Å²) in [6.45, 7) is 6.03. The molecule has 112 valence electrons. The lowest BCUT2D eigenvalue weighted by Gasteiger charge is -2.13. The first-order valence-electron chi connectivity index (χ1n) is 7.33. The zero-order chi connectivity index (χ0) is 14.6. The Morgan fingerprint density at radius 2 is 2.05 bits per heavy atom. The zero-order valence-corrected chi connectivity index (χ0v) is 13.1. The van der Waals surface area contributed by atoms with Crippen molar-refractivity contribution >= 4 is 10.0 Å². The second kappa shape index (κ2) is 6.70. The molecule has 1 aromatic rings. The summed E-state index contributed by atoms with van der Waals surface area (Å²) < 4.78 is 27.4. The van der Waals surface area contributed by atoms with E-state index in [1.54, 1.807) is 6.07 Å². The Morgan fingerprint density at radius 1 is 1.30 bits per heavy atom. The monoisotopic (exact) mass is 296 g/mol. The highest BCUT2D eigenvalue weighted by molar-refractivity contribution is 7.89. The molecule has 1 aliphatic rings. The minimum Gasteiger partial charge on any atom is -0.313 e. The third-order valence-corrected chi connectivity index (χ3v) is 5.40. The van der Waals surface area contributed by atoms with Gasteiger partial charge in [-0.2, -0.15) is 0 Å². The van der Waals surface area contributed by atoms with Crippen molar-refractivity contribution in [1.29, 1.82) is 0 Å². The van der Waals surface area contributed by atoms with Crippen molar-refractivity contribution in [3.8, 4) is 0 Å². The zero-order valence-electron chi connectivity index (χ0n) is 12.3. The van der Waals surface area contributed by atoms with Gasteiger partial charge in [0.05, 0.1) is 4.90 Å². The molecular formula is C15H24N2O2S. The minimum absolute atomic E-state index is 0.406. The van der Waals surface area contributed by atoms with Crippen molar-refractivity contribution in [1.82, 2.24) is 10.0 Å². The third-order valence-electron chi connectivity index (χ3n) is 3.79. The summed E-state index contributed by atoms with van der Waals surface area (Å²) in [5.41, 5.74) is 1.88. The van der Waals surface area contributed by atoms with E-state index in [4.69, 9.17) is 0 Å². The molecule has 20 heavy (non-hydrogen) atoms. The second-order valence-electron chi connectivity index (χ2n) is 5.45. The first kappa shape index (κ1) is 15.5. The van der Waals surface area contributed by atoms with Crippen LogP contribution in [0.3, 0.4) is 0 Å². The van der Waals surface area contributed by atoms with Crippen LogP contribution in [0.5, 0.6) is 0 Å². The molecular weight excluding hydrogens is 272 g/mol. The molecule has 1 aliphatic carbocycles. The predicted molar refractivity (Wildman–Crippen MR) is 81.1 cm³/mol. The van der Waals surface area contributed by atoms with E-state index in [2.05, 4.69) is 10.0 Å². The summed E-state index contributed by atoms with van der Waals surface area (Å²) in [7, 11) is -3.38. The smallest absolute Gasteiger partial charge is 0.240 e. The Labute approximate surface area is 122 Å². The number of hydrogen-bond acceptors (Lipinski definition) is 3. The molecule has 0 spiro atoms. The van der Waals surface area contributed by atoms with Crippen molar-refractivity contribution < 1.29 is 8.42 Å². The summed E-state index contributed by atoms with van der Waals surface area (Å²) in [5.74, 6) is 0.735. The van der Waals surface area contributed by atoms with Crippen LogP contribution < -0.4 is 10.0 Å². The summed E-state index contributed by atoms with van der Waals surface area (Å²) >= 11 is 0. The molecule has 0 atom stereocenters. The largest absolute Gasteiger partial charge is 0.313 e. The van der Waals surface area contributed by atoms with Crippen LogP contribution in [0.2, 0.25) is 0 Å². The van der Waals surface area contributed by atoms with Crippen LogP contribution in [0.4, 0.5) is 0 Å². The lowest BCUT2D eigenvalue weighted by molar-refractivity contribution is 0.574. The number of benzene rings is 1. The summed E-state index contributed by atoms with van der Waals surface area (Å²) in [4.78, 5) is 0.406. The fraction of sp³-hybridized carbons (Fsp3) is 0.600. The van der Waals surface area contributed by atoms with Gasteiger partial charge < -0.3 is 5.32 Å². The average Bonchev–Trinajstić information content (AvgIpc) is 3.21.